The highest BCUT2D eigenvalue weighted by molar-refractivity contribution is 5.72. The summed E-state index contributed by atoms with van der Waals surface area (Å²) in [5.41, 5.74) is 0. The summed E-state index contributed by atoms with van der Waals surface area (Å²) in [4.78, 5) is 21.0. The van der Waals surface area contributed by atoms with Crippen molar-refractivity contribution in [2.45, 2.75) is 6.92 Å². The number of ether oxygens (including phenoxy) is 1. The van der Waals surface area contributed by atoms with Crippen LogP contribution >= 0.6 is 0 Å². The molecule has 0 bridgehead atoms. The molecule has 15 heavy (non-hydrogen) atoms. The fourth-order valence-electron chi connectivity index (χ4n) is 1.29. The minimum Gasteiger partial charge on any atom is -0.469 e. The molecule has 0 aliphatic heterocycles. The van der Waals surface area contributed by atoms with E-state index in [9.17, 15) is 4.79 Å². The summed E-state index contributed by atoms with van der Waals surface area (Å²) in [5, 5.41) is 0. The molecule has 0 saturated heterocycles. The topological polar surface area (TPSA) is 55.3 Å². The molecule has 0 radical (unpaired) electrons. The molecule has 5 heteroatoms. The van der Waals surface area contributed by atoms with Gasteiger partial charge in [-0.2, -0.15) is 0 Å². The van der Waals surface area contributed by atoms with Crippen LogP contribution in [-0.4, -0.2) is 36.6 Å². The Labute approximate surface area is 89.1 Å². The van der Waals surface area contributed by atoms with Crippen LogP contribution in [0.25, 0.3) is 0 Å². The van der Waals surface area contributed by atoms with Crippen LogP contribution < -0.4 is 4.90 Å². The van der Waals surface area contributed by atoms with Gasteiger partial charge in [-0.1, -0.05) is 6.92 Å². The van der Waals surface area contributed by atoms with Crippen molar-refractivity contribution >= 4 is 11.8 Å². The lowest BCUT2D eigenvalue weighted by Gasteiger charge is -2.20. The van der Waals surface area contributed by atoms with Gasteiger partial charge in [-0.15, -0.1) is 0 Å². The van der Waals surface area contributed by atoms with Gasteiger partial charge < -0.3 is 9.64 Å². The number of carbonyl (C=O) groups is 1. The summed E-state index contributed by atoms with van der Waals surface area (Å²) in [7, 11) is 3.27. The van der Waals surface area contributed by atoms with Gasteiger partial charge in [0.05, 0.1) is 13.0 Å². The monoisotopic (exact) mass is 209 g/mol. The fourth-order valence-corrected chi connectivity index (χ4v) is 1.29. The second kappa shape index (κ2) is 5.29. The lowest BCUT2D eigenvalue weighted by Crippen LogP contribution is -2.29. The number of esters is 1. The first-order valence-corrected chi connectivity index (χ1v) is 4.70. The summed E-state index contributed by atoms with van der Waals surface area (Å²) in [6.07, 6.45) is 3.15. The normalized spacial score (nSPS) is 11.9. The molecule has 0 aromatic carbocycles. The molecule has 0 N–H and O–H groups in total. The van der Waals surface area contributed by atoms with E-state index in [2.05, 4.69) is 14.7 Å². The number of hydrogen-bond acceptors (Lipinski definition) is 5. The summed E-state index contributed by atoms with van der Waals surface area (Å²) >= 11 is 0. The van der Waals surface area contributed by atoms with Gasteiger partial charge >= 0.3 is 5.97 Å². The summed E-state index contributed by atoms with van der Waals surface area (Å²) < 4.78 is 4.65. The number of nitrogens with zero attached hydrogens (tertiary/aromatic N) is 3. The van der Waals surface area contributed by atoms with Gasteiger partial charge in [-0.05, 0) is 6.07 Å². The first kappa shape index (κ1) is 11.4. The molecule has 0 aliphatic carbocycles. The van der Waals surface area contributed by atoms with E-state index in [0.717, 1.165) is 5.82 Å². The zero-order valence-electron chi connectivity index (χ0n) is 9.17. The molecule has 1 heterocycles. The van der Waals surface area contributed by atoms with Crippen molar-refractivity contribution in [3.8, 4) is 0 Å². The van der Waals surface area contributed by atoms with Gasteiger partial charge in [0.2, 0.25) is 0 Å². The Morgan fingerprint density at radius 2 is 2.40 bits per heavy atom. The third-order valence-electron chi connectivity index (χ3n) is 2.11. The highest BCUT2D eigenvalue weighted by atomic mass is 16.5. The Kier molecular flexibility index (Phi) is 4.03. The van der Waals surface area contributed by atoms with Gasteiger partial charge in [-0.3, -0.25) is 4.79 Å². The minimum atomic E-state index is -0.212. The van der Waals surface area contributed by atoms with E-state index in [0.29, 0.717) is 6.54 Å². The Morgan fingerprint density at radius 1 is 1.67 bits per heavy atom. The Bertz CT molecular complexity index is 316. The van der Waals surface area contributed by atoms with Gasteiger partial charge in [0.15, 0.2) is 0 Å². The van der Waals surface area contributed by atoms with Crippen molar-refractivity contribution in [3.05, 3.63) is 18.6 Å². The van der Waals surface area contributed by atoms with Crippen LogP contribution in [0.5, 0.6) is 0 Å². The molecule has 0 amide bonds. The molecule has 1 aromatic heterocycles. The van der Waals surface area contributed by atoms with E-state index in [1.807, 2.05) is 18.9 Å². The number of methoxy groups -OCH3 is 1. The molecular formula is C10H15N3O2. The second-order valence-corrected chi connectivity index (χ2v) is 3.37. The van der Waals surface area contributed by atoms with E-state index in [-0.39, 0.29) is 11.9 Å². The Balaban J connectivity index is 2.56. The van der Waals surface area contributed by atoms with E-state index >= 15 is 0 Å². The van der Waals surface area contributed by atoms with Crippen molar-refractivity contribution in [2.75, 3.05) is 25.6 Å². The Hall–Kier alpha value is -1.65. The smallest absolute Gasteiger partial charge is 0.310 e. The molecule has 0 spiro atoms. The quantitative estimate of drug-likeness (QED) is 0.684. The van der Waals surface area contributed by atoms with Crippen molar-refractivity contribution in [1.29, 1.82) is 0 Å². The van der Waals surface area contributed by atoms with Gasteiger partial charge in [0.1, 0.15) is 12.1 Å². The summed E-state index contributed by atoms with van der Waals surface area (Å²) in [6.45, 7) is 2.40. The van der Waals surface area contributed by atoms with Gasteiger partial charge in [-0.25, -0.2) is 9.97 Å². The lowest BCUT2D eigenvalue weighted by molar-refractivity contribution is -0.144. The maximum Gasteiger partial charge on any atom is 0.310 e. The average Bonchev–Trinajstić information content (AvgIpc) is 2.29. The number of aromatic nitrogens is 2. The highest BCUT2D eigenvalue weighted by Crippen LogP contribution is 2.09. The predicted molar refractivity (Wildman–Crippen MR) is 56.5 cm³/mol. The zero-order chi connectivity index (χ0) is 11.3. The first-order chi connectivity index (χ1) is 7.15. The third kappa shape index (κ3) is 3.19. The fraction of sp³-hybridized carbons (Fsp3) is 0.500. The molecule has 1 atom stereocenters. The number of carbonyl (C=O) groups excluding carboxylic acids is 1. The number of anilines is 1. The Morgan fingerprint density at radius 3 is 2.93 bits per heavy atom. The van der Waals surface area contributed by atoms with Crippen LogP contribution in [0.3, 0.4) is 0 Å². The maximum absolute atomic E-state index is 11.2. The van der Waals surface area contributed by atoms with Crippen molar-refractivity contribution < 1.29 is 9.53 Å². The molecule has 0 saturated carbocycles. The molecule has 0 aliphatic rings. The van der Waals surface area contributed by atoms with E-state index < -0.39 is 0 Å². The van der Waals surface area contributed by atoms with Crippen LogP contribution in [0, 0.1) is 5.92 Å². The van der Waals surface area contributed by atoms with Crippen LogP contribution in [-0.2, 0) is 9.53 Å². The number of rotatable bonds is 4. The minimum absolute atomic E-state index is 0.171. The largest absolute Gasteiger partial charge is 0.469 e. The predicted octanol–water partition coefficient (Wildman–Crippen LogP) is 0.722. The molecule has 5 nitrogen and oxygen atoms in total. The molecule has 0 fully saturated rings. The highest BCUT2D eigenvalue weighted by Gasteiger charge is 2.15. The van der Waals surface area contributed by atoms with E-state index in [1.165, 1.54) is 13.4 Å². The number of hydrogen-bond donors (Lipinski definition) is 0. The lowest BCUT2D eigenvalue weighted by atomic mass is 10.2. The van der Waals surface area contributed by atoms with Crippen molar-refractivity contribution in [3.63, 3.8) is 0 Å². The van der Waals surface area contributed by atoms with Crippen molar-refractivity contribution in [1.82, 2.24) is 9.97 Å². The van der Waals surface area contributed by atoms with E-state index in [4.69, 9.17) is 0 Å². The second-order valence-electron chi connectivity index (χ2n) is 3.37. The molecule has 1 rings (SSSR count). The van der Waals surface area contributed by atoms with Crippen LogP contribution in [0.4, 0.5) is 5.82 Å². The molecule has 1 aromatic rings. The summed E-state index contributed by atoms with van der Waals surface area (Å²) in [6, 6.07) is 1.80. The molecular weight excluding hydrogens is 194 g/mol. The SMILES string of the molecule is COC(=O)C(C)CN(C)c1ccncn1. The molecule has 1 unspecified atom stereocenters. The van der Waals surface area contributed by atoms with Crippen LogP contribution in [0.2, 0.25) is 0 Å². The van der Waals surface area contributed by atoms with Gasteiger partial charge in [0.25, 0.3) is 0 Å². The van der Waals surface area contributed by atoms with Gasteiger partial charge in [0, 0.05) is 19.8 Å². The molecule has 82 valence electrons. The average molecular weight is 209 g/mol. The standard InChI is InChI=1S/C10H15N3O2/c1-8(10(14)15-3)6-13(2)9-4-5-11-7-12-9/h4-5,7-8H,6H2,1-3H3. The van der Waals surface area contributed by atoms with E-state index in [1.54, 1.807) is 12.3 Å². The van der Waals surface area contributed by atoms with Crippen LogP contribution in [0.15, 0.2) is 18.6 Å². The zero-order valence-corrected chi connectivity index (χ0v) is 9.17. The van der Waals surface area contributed by atoms with Crippen molar-refractivity contribution in [2.24, 2.45) is 5.92 Å². The summed E-state index contributed by atoms with van der Waals surface area (Å²) in [5.74, 6) is 0.409. The first-order valence-electron chi connectivity index (χ1n) is 4.70. The maximum atomic E-state index is 11.2. The third-order valence-corrected chi connectivity index (χ3v) is 2.11. The van der Waals surface area contributed by atoms with Crippen LogP contribution in [0.1, 0.15) is 6.92 Å².